The van der Waals surface area contributed by atoms with Gasteiger partial charge in [-0.2, -0.15) is 0 Å². The van der Waals surface area contributed by atoms with E-state index in [0.29, 0.717) is 17.6 Å². The van der Waals surface area contributed by atoms with Crippen molar-refractivity contribution in [3.05, 3.63) is 22.9 Å². The minimum absolute atomic E-state index is 0.113. The molecule has 78 valence electrons. The molecule has 1 aliphatic rings. The van der Waals surface area contributed by atoms with Crippen LogP contribution in [0, 0.1) is 0 Å². The molecule has 1 unspecified atom stereocenters. The van der Waals surface area contributed by atoms with Crippen molar-refractivity contribution >= 4 is 11.0 Å². The lowest BCUT2D eigenvalue weighted by molar-refractivity contribution is 0.0448. The first-order chi connectivity index (χ1) is 7.36. The molecule has 0 spiro atoms. The molecular formula is C9H10N4O2. The molecule has 1 fully saturated rings. The van der Waals surface area contributed by atoms with Crippen LogP contribution in [0.1, 0.15) is 19.1 Å². The zero-order chi connectivity index (χ0) is 10.3. The molecule has 15 heavy (non-hydrogen) atoms. The first-order valence-corrected chi connectivity index (χ1v) is 4.88. The van der Waals surface area contributed by atoms with E-state index in [1.807, 2.05) is 0 Å². The SMILES string of the molecule is O=c1c2cncnc2[nH]n1C1CCCO1. The summed E-state index contributed by atoms with van der Waals surface area (Å²) < 4.78 is 6.93. The first kappa shape index (κ1) is 8.60. The summed E-state index contributed by atoms with van der Waals surface area (Å²) in [6.45, 7) is 0.706. The quantitative estimate of drug-likeness (QED) is 0.734. The monoisotopic (exact) mass is 206 g/mol. The van der Waals surface area contributed by atoms with Crippen LogP contribution >= 0.6 is 0 Å². The van der Waals surface area contributed by atoms with Crippen LogP contribution in [0.25, 0.3) is 11.0 Å². The molecule has 2 aromatic heterocycles. The van der Waals surface area contributed by atoms with Crippen molar-refractivity contribution in [1.82, 2.24) is 19.7 Å². The molecule has 0 amide bonds. The Hall–Kier alpha value is -1.69. The molecule has 1 N–H and O–H groups in total. The van der Waals surface area contributed by atoms with E-state index in [9.17, 15) is 4.79 Å². The summed E-state index contributed by atoms with van der Waals surface area (Å²) in [7, 11) is 0. The Morgan fingerprint density at radius 3 is 3.27 bits per heavy atom. The lowest BCUT2D eigenvalue weighted by atomic mass is 10.3. The summed E-state index contributed by atoms with van der Waals surface area (Å²) in [6.07, 6.45) is 4.61. The summed E-state index contributed by atoms with van der Waals surface area (Å²) in [5.41, 5.74) is 0.447. The van der Waals surface area contributed by atoms with Crippen LogP contribution in [0.5, 0.6) is 0 Å². The van der Waals surface area contributed by atoms with E-state index in [1.165, 1.54) is 17.2 Å². The highest BCUT2D eigenvalue weighted by molar-refractivity contribution is 5.71. The number of hydrogen-bond donors (Lipinski definition) is 1. The van der Waals surface area contributed by atoms with E-state index in [1.54, 1.807) is 0 Å². The van der Waals surface area contributed by atoms with Crippen LogP contribution in [0.4, 0.5) is 0 Å². The fourth-order valence-corrected chi connectivity index (χ4v) is 1.84. The molecular weight excluding hydrogens is 196 g/mol. The zero-order valence-corrected chi connectivity index (χ0v) is 8.01. The van der Waals surface area contributed by atoms with Crippen LogP contribution in [0.2, 0.25) is 0 Å². The predicted octanol–water partition coefficient (Wildman–Crippen LogP) is 0.429. The van der Waals surface area contributed by atoms with Crippen molar-refractivity contribution in [2.24, 2.45) is 0 Å². The average molecular weight is 206 g/mol. The summed E-state index contributed by atoms with van der Waals surface area (Å²) in [4.78, 5) is 19.7. The molecule has 0 bridgehead atoms. The number of rotatable bonds is 1. The Balaban J connectivity index is 2.19. The van der Waals surface area contributed by atoms with Gasteiger partial charge in [0.15, 0.2) is 11.9 Å². The summed E-state index contributed by atoms with van der Waals surface area (Å²) in [5, 5.41) is 3.44. The molecule has 1 atom stereocenters. The molecule has 1 saturated heterocycles. The van der Waals surface area contributed by atoms with Gasteiger partial charge in [-0.3, -0.25) is 9.89 Å². The predicted molar refractivity (Wildman–Crippen MR) is 52.4 cm³/mol. The van der Waals surface area contributed by atoms with Crippen LogP contribution in [0.3, 0.4) is 0 Å². The number of nitrogens with zero attached hydrogens (tertiary/aromatic N) is 3. The lowest BCUT2D eigenvalue weighted by Crippen LogP contribution is -2.21. The van der Waals surface area contributed by atoms with Crippen molar-refractivity contribution in [2.75, 3.05) is 6.61 Å². The van der Waals surface area contributed by atoms with Crippen LogP contribution in [-0.4, -0.2) is 26.4 Å². The summed E-state index contributed by atoms with van der Waals surface area (Å²) in [5.74, 6) is 0. The summed E-state index contributed by atoms with van der Waals surface area (Å²) >= 11 is 0. The number of aromatic amines is 1. The molecule has 0 radical (unpaired) electrons. The molecule has 6 nitrogen and oxygen atoms in total. The zero-order valence-electron chi connectivity index (χ0n) is 8.01. The van der Waals surface area contributed by atoms with Crippen LogP contribution in [0.15, 0.2) is 17.3 Å². The Bertz CT molecular complexity index is 538. The van der Waals surface area contributed by atoms with Gasteiger partial charge in [0, 0.05) is 12.8 Å². The largest absolute Gasteiger partial charge is 0.356 e. The minimum atomic E-state index is -0.174. The molecule has 0 aromatic carbocycles. The van der Waals surface area contributed by atoms with Crippen LogP contribution in [-0.2, 0) is 4.74 Å². The normalized spacial score (nSPS) is 21.2. The standard InChI is InChI=1S/C9H10N4O2/c14-9-6-4-10-5-11-8(6)12-13(9)7-2-1-3-15-7/h4-5,7H,1-3H2,(H,10,11,12). The number of hydrogen-bond acceptors (Lipinski definition) is 4. The van der Waals surface area contributed by atoms with E-state index in [-0.39, 0.29) is 11.8 Å². The number of fused-ring (bicyclic) bond motifs is 1. The Kier molecular flexibility index (Phi) is 1.81. The number of H-pyrrole nitrogens is 1. The molecule has 0 aliphatic carbocycles. The fourth-order valence-electron chi connectivity index (χ4n) is 1.84. The first-order valence-electron chi connectivity index (χ1n) is 4.88. The maximum Gasteiger partial charge on any atom is 0.280 e. The molecule has 3 rings (SSSR count). The van der Waals surface area contributed by atoms with E-state index in [4.69, 9.17) is 4.74 Å². The van der Waals surface area contributed by atoms with Crippen molar-refractivity contribution in [3.63, 3.8) is 0 Å². The van der Waals surface area contributed by atoms with E-state index in [0.717, 1.165) is 12.8 Å². The van der Waals surface area contributed by atoms with Crippen molar-refractivity contribution in [1.29, 1.82) is 0 Å². The van der Waals surface area contributed by atoms with E-state index < -0.39 is 0 Å². The lowest BCUT2D eigenvalue weighted by Gasteiger charge is -2.08. The summed E-state index contributed by atoms with van der Waals surface area (Å²) in [6, 6.07) is 0. The van der Waals surface area contributed by atoms with Crippen molar-refractivity contribution in [2.45, 2.75) is 19.1 Å². The van der Waals surface area contributed by atoms with Gasteiger partial charge in [0.1, 0.15) is 11.7 Å². The van der Waals surface area contributed by atoms with Gasteiger partial charge in [-0.05, 0) is 12.8 Å². The number of nitrogens with one attached hydrogen (secondary N) is 1. The third-order valence-electron chi connectivity index (χ3n) is 2.58. The number of ether oxygens (including phenoxy) is 1. The van der Waals surface area contributed by atoms with Gasteiger partial charge >= 0.3 is 0 Å². The topological polar surface area (TPSA) is 72.8 Å². The third kappa shape index (κ3) is 1.25. The highest BCUT2D eigenvalue weighted by Gasteiger charge is 2.21. The molecule has 0 saturated carbocycles. The number of aromatic nitrogens is 4. The smallest absolute Gasteiger partial charge is 0.280 e. The van der Waals surface area contributed by atoms with Gasteiger partial charge in [0.25, 0.3) is 5.56 Å². The Labute approximate surface area is 84.9 Å². The fraction of sp³-hybridized carbons (Fsp3) is 0.444. The van der Waals surface area contributed by atoms with Gasteiger partial charge < -0.3 is 4.74 Å². The molecule has 3 heterocycles. The highest BCUT2D eigenvalue weighted by atomic mass is 16.5. The van der Waals surface area contributed by atoms with E-state index in [2.05, 4.69) is 15.1 Å². The van der Waals surface area contributed by atoms with Gasteiger partial charge in [-0.1, -0.05) is 0 Å². The Morgan fingerprint density at radius 1 is 1.60 bits per heavy atom. The maximum atomic E-state index is 11.9. The van der Waals surface area contributed by atoms with Gasteiger partial charge in [0.05, 0.1) is 0 Å². The second-order valence-corrected chi connectivity index (χ2v) is 3.54. The molecule has 6 heteroatoms. The second-order valence-electron chi connectivity index (χ2n) is 3.54. The third-order valence-corrected chi connectivity index (χ3v) is 2.58. The van der Waals surface area contributed by atoms with Gasteiger partial charge in [0.2, 0.25) is 0 Å². The Morgan fingerprint density at radius 2 is 2.53 bits per heavy atom. The maximum absolute atomic E-state index is 11.9. The minimum Gasteiger partial charge on any atom is -0.356 e. The van der Waals surface area contributed by atoms with Gasteiger partial charge in [-0.25, -0.2) is 14.6 Å². The van der Waals surface area contributed by atoms with Crippen molar-refractivity contribution < 1.29 is 4.74 Å². The van der Waals surface area contributed by atoms with E-state index >= 15 is 0 Å². The average Bonchev–Trinajstić information content (AvgIpc) is 2.87. The van der Waals surface area contributed by atoms with Gasteiger partial charge in [-0.15, -0.1) is 0 Å². The highest BCUT2D eigenvalue weighted by Crippen LogP contribution is 2.21. The molecule has 2 aromatic rings. The van der Waals surface area contributed by atoms with Crippen molar-refractivity contribution in [3.8, 4) is 0 Å². The second kappa shape index (κ2) is 3.16. The molecule has 1 aliphatic heterocycles. The van der Waals surface area contributed by atoms with Crippen LogP contribution < -0.4 is 5.56 Å².